The molecule has 0 fully saturated rings. The van der Waals surface area contributed by atoms with Gasteiger partial charge in [-0.1, -0.05) is 6.07 Å². The van der Waals surface area contributed by atoms with Gasteiger partial charge in [0, 0.05) is 24.2 Å². The lowest BCUT2D eigenvalue weighted by Gasteiger charge is -2.14. The van der Waals surface area contributed by atoms with Crippen LogP contribution in [0.3, 0.4) is 0 Å². The van der Waals surface area contributed by atoms with Gasteiger partial charge >= 0.3 is 0 Å². The zero-order valence-corrected chi connectivity index (χ0v) is 19.8. The second kappa shape index (κ2) is 11.0. The van der Waals surface area contributed by atoms with E-state index in [4.69, 9.17) is 9.47 Å². The second-order valence-corrected chi connectivity index (χ2v) is 9.48. The minimum atomic E-state index is -4.01. The van der Waals surface area contributed by atoms with E-state index in [0.29, 0.717) is 22.9 Å². The highest BCUT2D eigenvalue weighted by atomic mass is 32.2. The number of rotatable bonds is 11. The average molecular weight is 489 g/mol. The number of benzene rings is 2. The maximum atomic E-state index is 13.0. The predicted molar refractivity (Wildman–Crippen MR) is 128 cm³/mol. The molecule has 33 heavy (non-hydrogen) atoms. The van der Waals surface area contributed by atoms with Crippen LogP contribution in [0, 0.1) is 0 Å². The SMILES string of the molecule is CCOc1ccc(NS(=O)(=O)c2cc(NC(=O)CCC(=O)c3cccs3)ccc2OC)cc1. The van der Waals surface area contributed by atoms with Gasteiger partial charge in [-0.2, -0.15) is 0 Å². The first-order valence-electron chi connectivity index (χ1n) is 10.1. The Hall–Kier alpha value is -3.37. The quantitative estimate of drug-likeness (QED) is 0.383. The molecule has 0 spiro atoms. The summed E-state index contributed by atoms with van der Waals surface area (Å²) in [6.07, 6.45) is 0.0439. The van der Waals surface area contributed by atoms with E-state index < -0.39 is 15.9 Å². The van der Waals surface area contributed by atoms with Crippen LogP contribution in [0.15, 0.2) is 64.9 Å². The summed E-state index contributed by atoms with van der Waals surface area (Å²) < 4.78 is 39.1. The van der Waals surface area contributed by atoms with Crippen molar-refractivity contribution in [2.45, 2.75) is 24.7 Å². The van der Waals surface area contributed by atoms with Crippen molar-refractivity contribution in [1.82, 2.24) is 0 Å². The summed E-state index contributed by atoms with van der Waals surface area (Å²) in [5, 5.41) is 4.44. The summed E-state index contributed by atoms with van der Waals surface area (Å²) in [5.41, 5.74) is 0.624. The van der Waals surface area contributed by atoms with E-state index in [1.165, 1.54) is 36.6 Å². The number of thiophene rings is 1. The van der Waals surface area contributed by atoms with Gasteiger partial charge in [-0.15, -0.1) is 11.3 Å². The number of sulfonamides is 1. The van der Waals surface area contributed by atoms with Gasteiger partial charge in [-0.3, -0.25) is 14.3 Å². The smallest absolute Gasteiger partial charge is 0.265 e. The van der Waals surface area contributed by atoms with Crippen molar-refractivity contribution in [3.05, 3.63) is 64.9 Å². The molecule has 0 unspecified atom stereocenters. The van der Waals surface area contributed by atoms with Crippen molar-refractivity contribution in [1.29, 1.82) is 0 Å². The van der Waals surface area contributed by atoms with Crippen LogP contribution in [0.2, 0.25) is 0 Å². The molecule has 3 rings (SSSR count). The topological polar surface area (TPSA) is 111 Å². The third kappa shape index (κ3) is 6.56. The van der Waals surface area contributed by atoms with Gasteiger partial charge in [0.05, 0.1) is 18.6 Å². The van der Waals surface area contributed by atoms with Crippen LogP contribution in [0.1, 0.15) is 29.4 Å². The molecule has 174 valence electrons. The van der Waals surface area contributed by atoms with Crippen molar-refractivity contribution in [2.75, 3.05) is 23.8 Å². The van der Waals surface area contributed by atoms with E-state index in [-0.39, 0.29) is 35.0 Å². The van der Waals surface area contributed by atoms with Gasteiger partial charge in [0.25, 0.3) is 10.0 Å². The van der Waals surface area contributed by atoms with E-state index in [2.05, 4.69) is 10.0 Å². The maximum absolute atomic E-state index is 13.0. The first-order valence-corrected chi connectivity index (χ1v) is 12.5. The molecular weight excluding hydrogens is 464 g/mol. The number of ketones is 1. The maximum Gasteiger partial charge on any atom is 0.265 e. The summed E-state index contributed by atoms with van der Waals surface area (Å²) in [6.45, 7) is 2.36. The summed E-state index contributed by atoms with van der Waals surface area (Å²) in [6, 6.07) is 14.3. The molecule has 2 aromatic carbocycles. The standard InChI is InChI=1S/C23H24N2O6S2/c1-3-31-18-9-6-16(7-10-18)25-33(28,29)22-15-17(8-12-20(22)30-2)24-23(27)13-11-19(26)21-5-4-14-32-21/h4-10,12,14-15,25H,3,11,13H2,1-2H3,(H,24,27). The van der Waals surface area contributed by atoms with Gasteiger partial charge in [0.1, 0.15) is 16.4 Å². The Morgan fingerprint density at radius 2 is 1.73 bits per heavy atom. The first kappa shape index (κ1) is 24.3. The lowest BCUT2D eigenvalue weighted by Crippen LogP contribution is -2.16. The van der Waals surface area contributed by atoms with Gasteiger partial charge in [-0.05, 0) is 60.8 Å². The Morgan fingerprint density at radius 1 is 1.00 bits per heavy atom. The Kier molecular flexibility index (Phi) is 8.07. The summed E-state index contributed by atoms with van der Waals surface area (Å²) in [7, 11) is -2.65. The predicted octanol–water partition coefficient (Wildman–Crippen LogP) is 4.56. The minimum Gasteiger partial charge on any atom is -0.495 e. The van der Waals surface area contributed by atoms with E-state index in [1.54, 1.807) is 41.8 Å². The number of anilines is 2. The highest BCUT2D eigenvalue weighted by molar-refractivity contribution is 7.92. The Bertz CT molecular complexity index is 1210. The highest BCUT2D eigenvalue weighted by Gasteiger charge is 2.21. The van der Waals surface area contributed by atoms with Crippen molar-refractivity contribution >= 4 is 44.4 Å². The Labute approximate surface area is 196 Å². The molecule has 0 saturated carbocycles. The molecule has 10 heteroatoms. The largest absolute Gasteiger partial charge is 0.495 e. The fraction of sp³-hybridized carbons (Fsp3) is 0.217. The number of nitrogens with one attached hydrogen (secondary N) is 2. The third-order valence-corrected chi connectivity index (χ3v) is 6.84. The fourth-order valence-electron chi connectivity index (χ4n) is 2.97. The molecule has 0 aliphatic heterocycles. The monoisotopic (exact) mass is 488 g/mol. The van der Waals surface area contributed by atoms with Gasteiger partial charge < -0.3 is 14.8 Å². The summed E-state index contributed by atoms with van der Waals surface area (Å²) in [5.74, 6) is 0.241. The molecular formula is C23H24N2O6S2. The molecule has 0 aliphatic carbocycles. The number of Topliss-reactive ketones (excluding diaryl/α,β-unsaturated/α-hetero) is 1. The number of hydrogen-bond donors (Lipinski definition) is 2. The number of hydrogen-bond acceptors (Lipinski definition) is 7. The van der Waals surface area contributed by atoms with Crippen molar-refractivity contribution in [3.8, 4) is 11.5 Å². The molecule has 0 aliphatic rings. The summed E-state index contributed by atoms with van der Waals surface area (Å²) >= 11 is 1.32. The molecule has 1 amide bonds. The van der Waals surface area contributed by atoms with Crippen molar-refractivity contribution < 1.29 is 27.5 Å². The molecule has 3 aromatic rings. The molecule has 2 N–H and O–H groups in total. The van der Waals surface area contributed by atoms with E-state index >= 15 is 0 Å². The minimum absolute atomic E-state index is 0.0186. The van der Waals surface area contributed by atoms with Crippen LogP contribution >= 0.6 is 11.3 Å². The summed E-state index contributed by atoms with van der Waals surface area (Å²) in [4.78, 5) is 24.9. The number of ether oxygens (including phenoxy) is 2. The average Bonchev–Trinajstić information content (AvgIpc) is 3.34. The highest BCUT2D eigenvalue weighted by Crippen LogP contribution is 2.29. The normalized spacial score (nSPS) is 11.0. The van der Waals surface area contributed by atoms with Crippen LogP contribution in [-0.4, -0.2) is 33.8 Å². The lowest BCUT2D eigenvalue weighted by molar-refractivity contribution is -0.116. The van der Waals surface area contributed by atoms with E-state index in [1.807, 2.05) is 6.92 Å². The molecule has 0 saturated heterocycles. The van der Waals surface area contributed by atoms with Crippen LogP contribution < -0.4 is 19.5 Å². The van der Waals surface area contributed by atoms with Gasteiger partial charge in [0.15, 0.2) is 5.78 Å². The van der Waals surface area contributed by atoms with Crippen LogP contribution in [-0.2, 0) is 14.8 Å². The zero-order valence-electron chi connectivity index (χ0n) is 18.2. The van der Waals surface area contributed by atoms with Crippen LogP contribution in [0.4, 0.5) is 11.4 Å². The van der Waals surface area contributed by atoms with Crippen LogP contribution in [0.5, 0.6) is 11.5 Å². The van der Waals surface area contributed by atoms with Crippen molar-refractivity contribution in [3.63, 3.8) is 0 Å². The number of carbonyl (C=O) groups is 2. The number of amides is 1. The Balaban J connectivity index is 1.71. The second-order valence-electron chi connectivity index (χ2n) is 6.88. The van der Waals surface area contributed by atoms with Crippen molar-refractivity contribution in [2.24, 2.45) is 0 Å². The first-order chi connectivity index (χ1) is 15.8. The van der Waals surface area contributed by atoms with E-state index in [9.17, 15) is 18.0 Å². The molecule has 8 nitrogen and oxygen atoms in total. The third-order valence-electron chi connectivity index (χ3n) is 4.53. The van der Waals surface area contributed by atoms with Gasteiger partial charge in [0.2, 0.25) is 5.91 Å². The molecule has 1 aromatic heterocycles. The number of carbonyl (C=O) groups excluding carboxylic acids is 2. The molecule has 0 bridgehead atoms. The Morgan fingerprint density at radius 3 is 2.36 bits per heavy atom. The lowest BCUT2D eigenvalue weighted by atomic mass is 10.2. The van der Waals surface area contributed by atoms with Crippen LogP contribution in [0.25, 0.3) is 0 Å². The molecule has 1 heterocycles. The molecule has 0 radical (unpaired) electrons. The fourth-order valence-corrected chi connectivity index (χ4v) is 4.92. The molecule has 0 atom stereocenters. The van der Waals surface area contributed by atoms with Gasteiger partial charge in [-0.25, -0.2) is 8.42 Å². The van der Waals surface area contributed by atoms with E-state index in [0.717, 1.165) is 0 Å². The zero-order chi connectivity index (χ0) is 23.8. The number of methoxy groups -OCH3 is 1.